The number of anilines is 1. The van der Waals surface area contributed by atoms with Crippen molar-refractivity contribution < 1.29 is 19.4 Å². The third-order valence-corrected chi connectivity index (χ3v) is 2.44. The Morgan fingerprint density at radius 3 is 2.67 bits per heavy atom. The molecular formula is C13H17NO4. The van der Waals surface area contributed by atoms with Crippen LogP contribution >= 0.6 is 0 Å². The molecule has 0 aliphatic rings. The van der Waals surface area contributed by atoms with Crippen molar-refractivity contribution in [3.8, 4) is 5.75 Å². The maximum absolute atomic E-state index is 11.8. The normalized spacial score (nSPS) is 9.89. The molecule has 0 radical (unpaired) electrons. The summed E-state index contributed by atoms with van der Waals surface area (Å²) in [5, 5.41) is 9.32. The second-order valence-electron chi connectivity index (χ2n) is 3.78. The fourth-order valence-corrected chi connectivity index (χ4v) is 1.46. The van der Waals surface area contributed by atoms with Gasteiger partial charge in [0, 0.05) is 25.2 Å². The van der Waals surface area contributed by atoms with Gasteiger partial charge in [-0.3, -0.25) is 9.59 Å². The monoisotopic (exact) mass is 251 g/mol. The minimum atomic E-state index is -0.379. The van der Waals surface area contributed by atoms with Crippen LogP contribution in [0.1, 0.15) is 19.8 Å². The Kier molecular flexibility index (Phi) is 5.17. The number of ether oxygens (including phenoxy) is 1. The number of phenolic OH excluding ortho intramolecular Hbond substituents is 1. The number of esters is 1. The topological polar surface area (TPSA) is 66.8 Å². The fourth-order valence-electron chi connectivity index (χ4n) is 1.46. The first-order chi connectivity index (χ1) is 8.54. The molecule has 0 bridgehead atoms. The number of hydrogen-bond donors (Lipinski definition) is 1. The van der Waals surface area contributed by atoms with E-state index >= 15 is 0 Å². The van der Waals surface area contributed by atoms with Gasteiger partial charge >= 0.3 is 5.97 Å². The molecule has 1 aromatic carbocycles. The Balaban J connectivity index is 2.54. The maximum atomic E-state index is 11.8. The predicted molar refractivity (Wildman–Crippen MR) is 67.4 cm³/mol. The second-order valence-corrected chi connectivity index (χ2v) is 3.78. The molecule has 0 heterocycles. The van der Waals surface area contributed by atoms with Crippen molar-refractivity contribution in [1.29, 1.82) is 0 Å². The summed E-state index contributed by atoms with van der Waals surface area (Å²) in [4.78, 5) is 24.3. The van der Waals surface area contributed by atoms with E-state index in [0.717, 1.165) is 0 Å². The van der Waals surface area contributed by atoms with Crippen LogP contribution in [0.3, 0.4) is 0 Å². The lowest BCUT2D eigenvalue weighted by Gasteiger charge is -2.17. The van der Waals surface area contributed by atoms with Crippen LogP contribution in [0.25, 0.3) is 0 Å². The van der Waals surface area contributed by atoms with Gasteiger partial charge in [-0.1, -0.05) is 6.07 Å². The summed E-state index contributed by atoms with van der Waals surface area (Å²) in [6.07, 6.45) is 0.154. The zero-order valence-corrected chi connectivity index (χ0v) is 10.5. The molecule has 0 saturated carbocycles. The van der Waals surface area contributed by atoms with E-state index in [1.807, 2.05) is 0 Å². The first kappa shape index (κ1) is 14.0. The summed E-state index contributed by atoms with van der Waals surface area (Å²) >= 11 is 0. The van der Waals surface area contributed by atoms with Gasteiger partial charge in [-0.05, 0) is 19.1 Å². The Morgan fingerprint density at radius 1 is 1.33 bits per heavy atom. The number of phenols is 1. The van der Waals surface area contributed by atoms with Crippen LogP contribution in [0.4, 0.5) is 5.69 Å². The number of carbonyl (C=O) groups is 2. The molecule has 18 heavy (non-hydrogen) atoms. The molecule has 0 aliphatic heterocycles. The SMILES string of the molecule is CCOC(=O)CCC(=O)N(C)c1cccc(O)c1. The van der Waals surface area contributed by atoms with Crippen LogP contribution in [0, 0.1) is 0 Å². The van der Waals surface area contributed by atoms with Gasteiger partial charge in [-0.25, -0.2) is 0 Å². The van der Waals surface area contributed by atoms with Crippen molar-refractivity contribution in [3.05, 3.63) is 24.3 Å². The molecule has 5 nitrogen and oxygen atoms in total. The summed E-state index contributed by atoms with van der Waals surface area (Å²) in [5.41, 5.74) is 0.587. The van der Waals surface area contributed by atoms with Crippen molar-refractivity contribution in [2.24, 2.45) is 0 Å². The summed E-state index contributed by atoms with van der Waals surface area (Å²) in [7, 11) is 1.60. The summed E-state index contributed by atoms with van der Waals surface area (Å²) in [5.74, 6) is -0.485. The lowest BCUT2D eigenvalue weighted by atomic mass is 10.2. The van der Waals surface area contributed by atoms with Gasteiger partial charge in [0.15, 0.2) is 0 Å². The molecule has 0 spiro atoms. The number of benzene rings is 1. The number of rotatable bonds is 5. The molecule has 0 atom stereocenters. The number of hydrogen-bond acceptors (Lipinski definition) is 4. The first-order valence-electron chi connectivity index (χ1n) is 5.75. The Morgan fingerprint density at radius 2 is 2.06 bits per heavy atom. The summed E-state index contributed by atoms with van der Waals surface area (Å²) in [6, 6.07) is 6.38. The second kappa shape index (κ2) is 6.64. The zero-order valence-electron chi connectivity index (χ0n) is 10.5. The molecule has 1 rings (SSSR count). The van der Waals surface area contributed by atoms with Gasteiger partial charge in [0.05, 0.1) is 13.0 Å². The van der Waals surface area contributed by atoms with Crippen LogP contribution in [0.5, 0.6) is 5.75 Å². The van der Waals surface area contributed by atoms with Crippen molar-refractivity contribution in [2.45, 2.75) is 19.8 Å². The lowest BCUT2D eigenvalue weighted by molar-refractivity contribution is -0.144. The Labute approximate surface area is 106 Å². The highest BCUT2D eigenvalue weighted by molar-refractivity contribution is 5.94. The molecule has 0 aromatic heterocycles. The van der Waals surface area contributed by atoms with E-state index in [2.05, 4.69) is 0 Å². The molecule has 0 saturated heterocycles. The maximum Gasteiger partial charge on any atom is 0.306 e. The van der Waals surface area contributed by atoms with E-state index in [4.69, 9.17) is 4.74 Å². The molecule has 98 valence electrons. The standard InChI is InChI=1S/C13H17NO4/c1-3-18-13(17)8-7-12(16)14(2)10-5-4-6-11(15)9-10/h4-6,9,15H,3,7-8H2,1-2H3. The third-order valence-electron chi connectivity index (χ3n) is 2.44. The summed E-state index contributed by atoms with van der Waals surface area (Å²) in [6.45, 7) is 2.04. The highest BCUT2D eigenvalue weighted by Crippen LogP contribution is 2.19. The van der Waals surface area contributed by atoms with Crippen LogP contribution < -0.4 is 4.90 Å². The molecule has 1 amide bonds. The molecule has 1 N–H and O–H groups in total. The van der Waals surface area contributed by atoms with Crippen LogP contribution in [-0.4, -0.2) is 30.6 Å². The van der Waals surface area contributed by atoms with Crippen molar-refractivity contribution in [3.63, 3.8) is 0 Å². The third kappa shape index (κ3) is 4.08. The minimum absolute atomic E-state index is 0.0653. The molecule has 0 unspecified atom stereocenters. The highest BCUT2D eigenvalue weighted by atomic mass is 16.5. The minimum Gasteiger partial charge on any atom is -0.508 e. The Hall–Kier alpha value is -2.04. The molecule has 5 heteroatoms. The van der Waals surface area contributed by atoms with Gasteiger partial charge in [0.25, 0.3) is 0 Å². The zero-order chi connectivity index (χ0) is 13.5. The van der Waals surface area contributed by atoms with Crippen molar-refractivity contribution >= 4 is 17.6 Å². The van der Waals surface area contributed by atoms with Crippen molar-refractivity contribution in [1.82, 2.24) is 0 Å². The molecule has 0 aliphatic carbocycles. The number of carbonyl (C=O) groups excluding carboxylic acids is 2. The van der Waals surface area contributed by atoms with Gasteiger partial charge in [0.2, 0.25) is 5.91 Å². The first-order valence-corrected chi connectivity index (χ1v) is 5.75. The molecule has 0 fully saturated rings. The predicted octanol–water partition coefficient (Wildman–Crippen LogP) is 1.70. The van der Waals surface area contributed by atoms with E-state index in [1.54, 1.807) is 26.1 Å². The van der Waals surface area contributed by atoms with E-state index in [1.165, 1.54) is 17.0 Å². The van der Waals surface area contributed by atoms with E-state index < -0.39 is 0 Å². The summed E-state index contributed by atoms with van der Waals surface area (Å²) < 4.78 is 4.75. The van der Waals surface area contributed by atoms with E-state index in [9.17, 15) is 14.7 Å². The largest absolute Gasteiger partial charge is 0.508 e. The highest BCUT2D eigenvalue weighted by Gasteiger charge is 2.13. The van der Waals surface area contributed by atoms with Gasteiger partial charge in [0.1, 0.15) is 5.75 Å². The van der Waals surface area contributed by atoms with Gasteiger partial charge < -0.3 is 14.7 Å². The van der Waals surface area contributed by atoms with Crippen molar-refractivity contribution in [2.75, 3.05) is 18.6 Å². The lowest BCUT2D eigenvalue weighted by Crippen LogP contribution is -2.26. The number of amides is 1. The number of aromatic hydroxyl groups is 1. The number of nitrogens with zero attached hydrogens (tertiary/aromatic N) is 1. The van der Waals surface area contributed by atoms with Crippen LogP contribution in [-0.2, 0) is 14.3 Å². The smallest absolute Gasteiger partial charge is 0.306 e. The average Bonchev–Trinajstić information content (AvgIpc) is 2.35. The van der Waals surface area contributed by atoms with Crippen LogP contribution in [0.2, 0.25) is 0 Å². The Bertz CT molecular complexity index is 431. The van der Waals surface area contributed by atoms with Gasteiger partial charge in [-0.15, -0.1) is 0 Å². The van der Waals surface area contributed by atoms with Gasteiger partial charge in [-0.2, -0.15) is 0 Å². The van der Waals surface area contributed by atoms with Crippen LogP contribution in [0.15, 0.2) is 24.3 Å². The fraction of sp³-hybridized carbons (Fsp3) is 0.385. The molecular weight excluding hydrogens is 234 g/mol. The average molecular weight is 251 g/mol. The quantitative estimate of drug-likeness (QED) is 0.809. The van der Waals surface area contributed by atoms with E-state index in [0.29, 0.717) is 12.3 Å². The van der Waals surface area contributed by atoms with E-state index in [-0.39, 0.29) is 30.5 Å². The molecule has 1 aromatic rings.